The fraction of sp³-hybridized carbons (Fsp3) is 0.500. The van der Waals surface area contributed by atoms with E-state index in [9.17, 15) is 4.79 Å². The third-order valence-corrected chi connectivity index (χ3v) is 4.89. The molecule has 5 heteroatoms. The second kappa shape index (κ2) is 5.18. The maximum Gasteiger partial charge on any atom is 0.232 e. The minimum absolute atomic E-state index is 0.147. The number of carbonyl (C=O) groups is 1. The van der Waals surface area contributed by atoms with E-state index in [0.717, 1.165) is 37.9 Å². The van der Waals surface area contributed by atoms with Gasteiger partial charge in [0, 0.05) is 24.6 Å². The number of anilines is 1. The van der Waals surface area contributed by atoms with E-state index in [1.165, 1.54) is 0 Å². The third-order valence-electron chi connectivity index (χ3n) is 4.89. The van der Waals surface area contributed by atoms with Gasteiger partial charge in [0.15, 0.2) is 5.82 Å². The molecule has 4 rings (SSSR count). The zero-order valence-electron chi connectivity index (χ0n) is 13.7. The predicted octanol–water partition coefficient (Wildman–Crippen LogP) is 3.12. The van der Waals surface area contributed by atoms with Gasteiger partial charge in [0.1, 0.15) is 0 Å². The molecular formula is C18H22N4O. The van der Waals surface area contributed by atoms with Gasteiger partial charge in [0.25, 0.3) is 0 Å². The highest BCUT2D eigenvalue weighted by Crippen LogP contribution is 2.46. The Morgan fingerprint density at radius 1 is 1.17 bits per heavy atom. The Balaban J connectivity index is 1.61. The van der Waals surface area contributed by atoms with E-state index < -0.39 is 0 Å². The number of amides is 1. The molecule has 0 N–H and O–H groups in total. The summed E-state index contributed by atoms with van der Waals surface area (Å²) < 4.78 is 1.88. The predicted molar refractivity (Wildman–Crippen MR) is 88.9 cm³/mol. The van der Waals surface area contributed by atoms with E-state index in [4.69, 9.17) is 0 Å². The summed E-state index contributed by atoms with van der Waals surface area (Å²) in [6, 6.07) is 9.95. The van der Waals surface area contributed by atoms with Crippen LogP contribution in [0.5, 0.6) is 0 Å². The Morgan fingerprint density at radius 2 is 1.91 bits per heavy atom. The Bertz CT molecular complexity index is 727. The summed E-state index contributed by atoms with van der Waals surface area (Å²) in [4.78, 5) is 19.3. The molecule has 1 aliphatic heterocycles. The lowest BCUT2D eigenvalue weighted by Gasteiger charge is -2.43. The van der Waals surface area contributed by atoms with Crippen LogP contribution in [0.2, 0.25) is 0 Å². The fourth-order valence-corrected chi connectivity index (χ4v) is 3.75. The molecule has 23 heavy (non-hydrogen) atoms. The smallest absolute Gasteiger partial charge is 0.232 e. The van der Waals surface area contributed by atoms with Crippen LogP contribution >= 0.6 is 0 Å². The Hall–Kier alpha value is -2.17. The number of aryl methyl sites for hydroxylation is 1. The highest BCUT2D eigenvalue weighted by atomic mass is 16.2. The first kappa shape index (κ1) is 14.4. The number of fused-ring (bicyclic) bond motifs is 1. The van der Waals surface area contributed by atoms with Crippen molar-refractivity contribution in [2.45, 2.75) is 39.7 Å². The van der Waals surface area contributed by atoms with E-state index in [2.05, 4.69) is 23.9 Å². The molecule has 0 spiro atoms. The van der Waals surface area contributed by atoms with Gasteiger partial charge in [-0.1, -0.05) is 44.2 Å². The molecule has 0 atom stereocenters. The molecule has 1 aliphatic carbocycles. The molecule has 2 aliphatic rings. The van der Waals surface area contributed by atoms with Crippen molar-refractivity contribution in [2.24, 2.45) is 11.3 Å². The zero-order valence-corrected chi connectivity index (χ0v) is 13.7. The number of nitrogens with zero attached hydrogens (tertiary/aromatic N) is 4. The van der Waals surface area contributed by atoms with Crippen molar-refractivity contribution in [3.8, 4) is 11.4 Å². The number of hydrogen-bond acceptors (Lipinski definition) is 3. The molecule has 0 unspecified atom stereocenters. The first-order valence-electron chi connectivity index (χ1n) is 8.35. The van der Waals surface area contributed by atoms with E-state index in [-0.39, 0.29) is 11.8 Å². The Morgan fingerprint density at radius 3 is 2.61 bits per heavy atom. The average molecular weight is 310 g/mol. The van der Waals surface area contributed by atoms with Gasteiger partial charge in [-0.25, -0.2) is 4.68 Å². The van der Waals surface area contributed by atoms with Crippen LogP contribution in [0.1, 0.15) is 33.1 Å². The second-order valence-electron chi connectivity index (χ2n) is 7.44. The highest BCUT2D eigenvalue weighted by Gasteiger charge is 2.43. The second-order valence-corrected chi connectivity index (χ2v) is 7.44. The lowest BCUT2D eigenvalue weighted by molar-refractivity contribution is -0.129. The van der Waals surface area contributed by atoms with E-state index >= 15 is 0 Å². The third kappa shape index (κ3) is 2.54. The number of carbonyl (C=O) groups excluding carboxylic acids is 1. The summed E-state index contributed by atoms with van der Waals surface area (Å²) in [5.41, 5.74) is 1.30. The lowest BCUT2D eigenvalue weighted by Crippen LogP contribution is -2.47. The zero-order chi connectivity index (χ0) is 16.0. The van der Waals surface area contributed by atoms with Crippen LogP contribution in [0.25, 0.3) is 11.4 Å². The van der Waals surface area contributed by atoms with Gasteiger partial charge in [-0.15, -0.1) is 5.10 Å². The van der Waals surface area contributed by atoms with Crippen molar-refractivity contribution >= 4 is 11.9 Å². The number of aromatic nitrogens is 3. The topological polar surface area (TPSA) is 51.0 Å². The molecule has 120 valence electrons. The Labute approximate surface area is 136 Å². The number of benzene rings is 1. The molecule has 0 radical (unpaired) electrons. The maximum absolute atomic E-state index is 12.8. The van der Waals surface area contributed by atoms with Crippen molar-refractivity contribution in [3.63, 3.8) is 0 Å². The van der Waals surface area contributed by atoms with Gasteiger partial charge in [0.2, 0.25) is 11.9 Å². The number of hydrogen-bond donors (Lipinski definition) is 0. The lowest BCUT2D eigenvalue weighted by atomic mass is 9.64. The van der Waals surface area contributed by atoms with Crippen molar-refractivity contribution in [1.29, 1.82) is 0 Å². The summed E-state index contributed by atoms with van der Waals surface area (Å²) >= 11 is 0. The molecule has 0 bridgehead atoms. The molecule has 1 saturated carbocycles. The SMILES string of the molecule is CC1(C)CC(C(=O)N2CCCn3nc(-c4ccccc4)nc32)C1. The monoisotopic (exact) mass is 310 g/mol. The largest absolute Gasteiger partial charge is 0.281 e. The Kier molecular flexibility index (Phi) is 3.25. The molecule has 1 aromatic carbocycles. The van der Waals surface area contributed by atoms with Crippen LogP contribution < -0.4 is 4.90 Å². The van der Waals surface area contributed by atoms with Crippen LogP contribution in [-0.4, -0.2) is 27.2 Å². The maximum atomic E-state index is 12.8. The minimum atomic E-state index is 0.147. The van der Waals surface area contributed by atoms with Gasteiger partial charge < -0.3 is 0 Å². The van der Waals surface area contributed by atoms with Crippen LogP contribution in [0.15, 0.2) is 30.3 Å². The van der Waals surface area contributed by atoms with Gasteiger partial charge in [-0.3, -0.25) is 9.69 Å². The first-order valence-corrected chi connectivity index (χ1v) is 8.35. The van der Waals surface area contributed by atoms with Gasteiger partial charge in [-0.2, -0.15) is 4.98 Å². The van der Waals surface area contributed by atoms with Crippen LogP contribution in [-0.2, 0) is 11.3 Å². The highest BCUT2D eigenvalue weighted by molar-refractivity contribution is 5.94. The van der Waals surface area contributed by atoms with E-state index in [0.29, 0.717) is 17.2 Å². The van der Waals surface area contributed by atoms with Crippen molar-refractivity contribution in [2.75, 3.05) is 11.4 Å². The van der Waals surface area contributed by atoms with Crippen LogP contribution in [0, 0.1) is 11.3 Å². The normalized spacial score (nSPS) is 20.0. The summed E-state index contributed by atoms with van der Waals surface area (Å²) in [6.07, 6.45) is 2.89. The standard InChI is InChI=1S/C18H22N4O/c1-18(2)11-14(12-18)16(23)21-9-6-10-22-17(21)19-15(20-22)13-7-4-3-5-8-13/h3-5,7-8,14H,6,9-12H2,1-2H3. The summed E-state index contributed by atoms with van der Waals surface area (Å²) in [6.45, 7) is 6.03. The fourth-order valence-electron chi connectivity index (χ4n) is 3.75. The quantitative estimate of drug-likeness (QED) is 0.856. The minimum Gasteiger partial charge on any atom is -0.281 e. The van der Waals surface area contributed by atoms with Crippen molar-refractivity contribution in [3.05, 3.63) is 30.3 Å². The van der Waals surface area contributed by atoms with Crippen LogP contribution in [0.3, 0.4) is 0 Å². The molecule has 2 heterocycles. The van der Waals surface area contributed by atoms with Crippen LogP contribution in [0.4, 0.5) is 5.95 Å². The molecular weight excluding hydrogens is 288 g/mol. The molecule has 2 aromatic rings. The summed E-state index contributed by atoms with van der Waals surface area (Å²) in [5, 5.41) is 4.60. The van der Waals surface area contributed by atoms with Gasteiger partial charge in [-0.05, 0) is 24.7 Å². The number of rotatable bonds is 2. The van der Waals surface area contributed by atoms with Gasteiger partial charge >= 0.3 is 0 Å². The average Bonchev–Trinajstić information content (AvgIpc) is 2.96. The molecule has 1 aromatic heterocycles. The first-order chi connectivity index (χ1) is 11.0. The molecule has 0 saturated heterocycles. The van der Waals surface area contributed by atoms with Crippen molar-refractivity contribution < 1.29 is 4.79 Å². The summed E-state index contributed by atoms with van der Waals surface area (Å²) in [5.74, 6) is 1.78. The molecule has 1 amide bonds. The molecule has 5 nitrogen and oxygen atoms in total. The van der Waals surface area contributed by atoms with E-state index in [1.807, 2.05) is 39.9 Å². The van der Waals surface area contributed by atoms with Crippen molar-refractivity contribution in [1.82, 2.24) is 14.8 Å². The van der Waals surface area contributed by atoms with Gasteiger partial charge in [0.05, 0.1) is 0 Å². The van der Waals surface area contributed by atoms with E-state index in [1.54, 1.807) is 0 Å². The molecule has 1 fully saturated rings. The summed E-state index contributed by atoms with van der Waals surface area (Å²) in [7, 11) is 0.